The summed E-state index contributed by atoms with van der Waals surface area (Å²) in [7, 11) is 0. The Labute approximate surface area is 161 Å². The first-order valence-corrected chi connectivity index (χ1v) is 9.98. The zero-order chi connectivity index (χ0) is 17.9. The SMILES string of the molecule is Nc1ncnc2c1c(CCCN1CCCCC1)nn2-c1cccc(Br)c1. The summed E-state index contributed by atoms with van der Waals surface area (Å²) >= 11 is 3.53. The molecular formula is C19H23BrN6. The molecule has 0 aliphatic carbocycles. The third kappa shape index (κ3) is 3.59. The van der Waals surface area contributed by atoms with E-state index in [1.165, 1.54) is 38.7 Å². The fraction of sp³-hybridized carbons (Fsp3) is 0.421. The van der Waals surface area contributed by atoms with Gasteiger partial charge in [0.15, 0.2) is 5.65 Å². The normalized spacial score (nSPS) is 15.6. The largest absolute Gasteiger partial charge is 0.383 e. The molecule has 1 saturated heterocycles. The molecule has 7 heteroatoms. The van der Waals surface area contributed by atoms with E-state index < -0.39 is 0 Å². The minimum atomic E-state index is 0.504. The number of fused-ring (bicyclic) bond motifs is 1. The van der Waals surface area contributed by atoms with Crippen LogP contribution in [0.4, 0.5) is 5.82 Å². The molecule has 4 rings (SSSR count). The number of likely N-dealkylation sites (tertiary alicyclic amines) is 1. The first-order chi connectivity index (χ1) is 12.7. The highest BCUT2D eigenvalue weighted by molar-refractivity contribution is 9.10. The topological polar surface area (TPSA) is 72.9 Å². The number of hydrogen-bond donors (Lipinski definition) is 1. The van der Waals surface area contributed by atoms with Crippen molar-refractivity contribution < 1.29 is 0 Å². The Bertz CT molecular complexity index is 900. The molecule has 1 aromatic carbocycles. The average Bonchev–Trinajstić information content (AvgIpc) is 3.03. The predicted molar refractivity (Wildman–Crippen MR) is 107 cm³/mol. The van der Waals surface area contributed by atoms with Gasteiger partial charge in [-0.15, -0.1) is 0 Å². The van der Waals surface area contributed by atoms with Gasteiger partial charge in [0.25, 0.3) is 0 Å². The Balaban J connectivity index is 1.62. The Morgan fingerprint density at radius 1 is 1.12 bits per heavy atom. The third-order valence-corrected chi connectivity index (χ3v) is 5.45. The maximum absolute atomic E-state index is 6.17. The Morgan fingerprint density at radius 3 is 2.77 bits per heavy atom. The molecule has 0 atom stereocenters. The van der Waals surface area contributed by atoms with E-state index in [9.17, 15) is 0 Å². The first-order valence-electron chi connectivity index (χ1n) is 9.19. The highest BCUT2D eigenvalue weighted by atomic mass is 79.9. The minimum absolute atomic E-state index is 0.504. The molecule has 0 unspecified atom stereocenters. The van der Waals surface area contributed by atoms with Gasteiger partial charge in [0, 0.05) is 4.47 Å². The molecule has 1 fully saturated rings. The summed E-state index contributed by atoms with van der Waals surface area (Å²) in [6, 6.07) is 8.04. The summed E-state index contributed by atoms with van der Waals surface area (Å²) in [5.41, 5.74) is 8.88. The molecule has 136 valence electrons. The van der Waals surface area contributed by atoms with Crippen molar-refractivity contribution in [2.75, 3.05) is 25.4 Å². The van der Waals surface area contributed by atoms with Crippen LogP contribution in [0.2, 0.25) is 0 Å². The molecular weight excluding hydrogens is 392 g/mol. The molecule has 0 saturated carbocycles. The van der Waals surface area contributed by atoms with E-state index in [0.717, 1.165) is 46.3 Å². The molecule has 3 aromatic rings. The number of benzene rings is 1. The van der Waals surface area contributed by atoms with Gasteiger partial charge in [-0.2, -0.15) is 5.10 Å². The summed E-state index contributed by atoms with van der Waals surface area (Å²) < 4.78 is 2.88. The number of piperidine rings is 1. The molecule has 0 radical (unpaired) electrons. The molecule has 2 N–H and O–H groups in total. The van der Waals surface area contributed by atoms with Gasteiger partial charge in [-0.05, 0) is 63.5 Å². The van der Waals surface area contributed by atoms with E-state index in [-0.39, 0.29) is 0 Å². The van der Waals surface area contributed by atoms with Crippen LogP contribution in [0.25, 0.3) is 16.7 Å². The van der Waals surface area contributed by atoms with Gasteiger partial charge in [-0.1, -0.05) is 28.4 Å². The second kappa shape index (κ2) is 7.72. The maximum Gasteiger partial charge on any atom is 0.168 e. The molecule has 1 aliphatic rings. The zero-order valence-electron chi connectivity index (χ0n) is 14.7. The van der Waals surface area contributed by atoms with Crippen LogP contribution in [-0.4, -0.2) is 44.3 Å². The second-order valence-corrected chi connectivity index (χ2v) is 7.72. The standard InChI is InChI=1S/C19H23BrN6/c20-14-6-4-7-15(12-14)26-19-17(18(21)22-13-23-19)16(24-26)8-5-11-25-9-2-1-3-10-25/h4,6-7,12-13H,1-3,5,8-11H2,(H2,21,22,23). The zero-order valence-corrected chi connectivity index (χ0v) is 16.3. The lowest BCUT2D eigenvalue weighted by Gasteiger charge is -2.26. The van der Waals surface area contributed by atoms with Crippen LogP contribution in [-0.2, 0) is 6.42 Å². The van der Waals surface area contributed by atoms with Crippen molar-refractivity contribution in [2.24, 2.45) is 0 Å². The van der Waals surface area contributed by atoms with E-state index >= 15 is 0 Å². The van der Waals surface area contributed by atoms with Gasteiger partial charge in [-0.3, -0.25) is 0 Å². The van der Waals surface area contributed by atoms with E-state index in [0.29, 0.717) is 5.82 Å². The highest BCUT2D eigenvalue weighted by Gasteiger charge is 2.17. The number of rotatable bonds is 5. The summed E-state index contributed by atoms with van der Waals surface area (Å²) in [4.78, 5) is 11.2. The summed E-state index contributed by atoms with van der Waals surface area (Å²) in [5.74, 6) is 0.504. The van der Waals surface area contributed by atoms with Crippen LogP contribution in [0.3, 0.4) is 0 Å². The van der Waals surface area contributed by atoms with Crippen LogP contribution in [0.15, 0.2) is 35.1 Å². The molecule has 1 aliphatic heterocycles. The summed E-state index contributed by atoms with van der Waals surface area (Å²) in [6.45, 7) is 3.55. The maximum atomic E-state index is 6.17. The number of nitrogens with zero attached hydrogens (tertiary/aromatic N) is 5. The van der Waals surface area contributed by atoms with Crippen LogP contribution in [0.1, 0.15) is 31.4 Å². The second-order valence-electron chi connectivity index (χ2n) is 6.80. The number of halogens is 1. The van der Waals surface area contributed by atoms with Gasteiger partial charge in [0.05, 0.1) is 16.8 Å². The molecule has 0 bridgehead atoms. The Morgan fingerprint density at radius 2 is 1.96 bits per heavy atom. The molecule has 0 spiro atoms. The van der Waals surface area contributed by atoms with E-state index in [1.54, 1.807) is 0 Å². The number of hydrogen-bond acceptors (Lipinski definition) is 5. The quantitative estimate of drug-likeness (QED) is 0.690. The molecule has 3 heterocycles. The Kier molecular flexibility index (Phi) is 5.17. The number of anilines is 1. The van der Waals surface area contributed by atoms with Crippen molar-refractivity contribution in [1.29, 1.82) is 0 Å². The van der Waals surface area contributed by atoms with Crippen LogP contribution in [0, 0.1) is 0 Å². The number of aryl methyl sites for hydroxylation is 1. The Hall–Kier alpha value is -1.99. The lowest BCUT2D eigenvalue weighted by atomic mass is 10.1. The van der Waals surface area contributed by atoms with E-state index in [2.05, 4.69) is 30.8 Å². The fourth-order valence-corrected chi connectivity index (χ4v) is 4.05. The van der Waals surface area contributed by atoms with Crippen molar-refractivity contribution in [3.05, 3.63) is 40.8 Å². The van der Waals surface area contributed by atoms with Crippen molar-refractivity contribution in [1.82, 2.24) is 24.6 Å². The van der Waals surface area contributed by atoms with E-state index in [1.807, 2.05) is 28.9 Å². The van der Waals surface area contributed by atoms with Gasteiger partial charge in [0.1, 0.15) is 12.1 Å². The molecule has 2 aromatic heterocycles. The van der Waals surface area contributed by atoms with Crippen LogP contribution < -0.4 is 5.73 Å². The minimum Gasteiger partial charge on any atom is -0.383 e. The van der Waals surface area contributed by atoms with Gasteiger partial charge in [-0.25, -0.2) is 14.6 Å². The molecule has 6 nitrogen and oxygen atoms in total. The highest BCUT2D eigenvalue weighted by Crippen LogP contribution is 2.26. The fourth-order valence-electron chi connectivity index (χ4n) is 3.66. The number of nitrogens with two attached hydrogens (primary N) is 1. The van der Waals surface area contributed by atoms with Crippen molar-refractivity contribution in [3.8, 4) is 5.69 Å². The summed E-state index contributed by atoms with van der Waals surface area (Å²) in [6.07, 6.45) is 7.46. The van der Waals surface area contributed by atoms with Gasteiger partial charge < -0.3 is 10.6 Å². The molecule has 26 heavy (non-hydrogen) atoms. The predicted octanol–water partition coefficient (Wildman–Crippen LogP) is 3.58. The lowest BCUT2D eigenvalue weighted by Crippen LogP contribution is -2.30. The average molecular weight is 415 g/mol. The van der Waals surface area contributed by atoms with Gasteiger partial charge in [0.2, 0.25) is 0 Å². The number of aromatic nitrogens is 4. The van der Waals surface area contributed by atoms with Crippen molar-refractivity contribution >= 4 is 32.8 Å². The van der Waals surface area contributed by atoms with Crippen LogP contribution >= 0.6 is 15.9 Å². The van der Waals surface area contributed by atoms with Crippen molar-refractivity contribution in [2.45, 2.75) is 32.1 Å². The number of nitrogen functional groups attached to an aromatic ring is 1. The lowest BCUT2D eigenvalue weighted by molar-refractivity contribution is 0.226. The first kappa shape index (κ1) is 17.4. The smallest absolute Gasteiger partial charge is 0.168 e. The van der Waals surface area contributed by atoms with Crippen LogP contribution in [0.5, 0.6) is 0 Å². The molecule has 0 amide bonds. The van der Waals surface area contributed by atoms with E-state index in [4.69, 9.17) is 10.8 Å². The van der Waals surface area contributed by atoms with Gasteiger partial charge >= 0.3 is 0 Å². The summed E-state index contributed by atoms with van der Waals surface area (Å²) in [5, 5.41) is 5.72. The third-order valence-electron chi connectivity index (χ3n) is 4.96. The van der Waals surface area contributed by atoms with Crippen molar-refractivity contribution in [3.63, 3.8) is 0 Å². The monoisotopic (exact) mass is 414 g/mol.